The predicted molar refractivity (Wildman–Crippen MR) is 93.8 cm³/mol. The fourth-order valence-electron chi connectivity index (χ4n) is 2.73. The maximum absolute atomic E-state index is 12.5. The van der Waals surface area contributed by atoms with Crippen LogP contribution in [0, 0.1) is 0 Å². The molecule has 7 nitrogen and oxygen atoms in total. The van der Waals surface area contributed by atoms with E-state index in [9.17, 15) is 13.2 Å². The molecule has 0 bridgehead atoms. The molecule has 24 heavy (non-hydrogen) atoms. The van der Waals surface area contributed by atoms with Crippen molar-refractivity contribution in [2.75, 3.05) is 23.4 Å². The molecule has 1 atom stereocenters. The number of rotatable bonds is 4. The minimum atomic E-state index is -3.03. The molecule has 1 fully saturated rings. The molecule has 0 unspecified atom stereocenters. The summed E-state index contributed by atoms with van der Waals surface area (Å²) in [5.74, 6) is 0.177. The summed E-state index contributed by atoms with van der Waals surface area (Å²) in [5.41, 5.74) is 1.62. The summed E-state index contributed by atoms with van der Waals surface area (Å²) in [6, 6.07) is 3.14. The number of carbonyl (C=O) groups excluding carboxylic acids is 1. The first-order chi connectivity index (χ1) is 11.5. The van der Waals surface area contributed by atoms with E-state index in [1.807, 2.05) is 24.4 Å². The predicted octanol–water partition coefficient (Wildman–Crippen LogP) is 2.25. The van der Waals surface area contributed by atoms with Gasteiger partial charge in [-0.3, -0.25) is 10.3 Å². The van der Waals surface area contributed by atoms with Crippen molar-refractivity contribution >= 4 is 32.3 Å². The average molecular weight is 366 g/mol. The van der Waals surface area contributed by atoms with Gasteiger partial charge in [0.25, 0.3) is 0 Å². The second-order valence-electron chi connectivity index (χ2n) is 5.55. The number of hydrogen-bond donors (Lipinski definition) is 1. The number of thiazole rings is 1. The van der Waals surface area contributed by atoms with E-state index in [4.69, 9.17) is 0 Å². The number of urea groups is 1. The van der Waals surface area contributed by atoms with Gasteiger partial charge in [-0.05, 0) is 25.5 Å². The van der Waals surface area contributed by atoms with Gasteiger partial charge in [-0.1, -0.05) is 0 Å². The molecular formula is C15H18N4O3S2. The summed E-state index contributed by atoms with van der Waals surface area (Å²) in [5, 5.41) is 5.10. The minimum Gasteiger partial charge on any atom is -0.321 e. The van der Waals surface area contributed by atoms with Crippen LogP contribution in [-0.4, -0.2) is 53.4 Å². The molecule has 1 saturated heterocycles. The lowest BCUT2D eigenvalue weighted by Crippen LogP contribution is -2.43. The van der Waals surface area contributed by atoms with Crippen LogP contribution in [0.15, 0.2) is 29.9 Å². The number of aromatic nitrogens is 2. The highest BCUT2D eigenvalue weighted by molar-refractivity contribution is 7.91. The minimum absolute atomic E-state index is 0.0348. The number of hydrogen-bond acceptors (Lipinski definition) is 6. The molecule has 0 radical (unpaired) electrons. The average Bonchev–Trinajstić information content (AvgIpc) is 3.16. The van der Waals surface area contributed by atoms with E-state index in [1.54, 1.807) is 17.3 Å². The lowest BCUT2D eigenvalue weighted by molar-refractivity contribution is 0.197. The lowest BCUT2D eigenvalue weighted by atomic mass is 10.2. The van der Waals surface area contributed by atoms with Gasteiger partial charge >= 0.3 is 6.03 Å². The van der Waals surface area contributed by atoms with E-state index < -0.39 is 9.84 Å². The second-order valence-corrected chi connectivity index (χ2v) is 8.64. The molecule has 3 rings (SSSR count). The third-order valence-corrected chi connectivity index (χ3v) is 6.43. The molecule has 9 heteroatoms. The first-order valence-electron chi connectivity index (χ1n) is 7.62. The van der Waals surface area contributed by atoms with Crippen LogP contribution in [-0.2, 0) is 9.84 Å². The number of anilines is 1. The molecule has 0 spiro atoms. The Balaban J connectivity index is 1.69. The molecule has 2 aromatic rings. The summed E-state index contributed by atoms with van der Waals surface area (Å²) in [4.78, 5) is 22.5. The standard InChI is InChI=1S/C15H18N4O3S2/c1-2-19(12-5-7-24(21,22)10-12)15(20)18-14-17-13(9-23-14)11-4-3-6-16-8-11/h3-4,6,8-9,12H,2,5,7,10H2,1H3,(H,17,18,20)/t12-/m1/s1. The van der Waals surface area contributed by atoms with Crippen LogP contribution in [0.5, 0.6) is 0 Å². The Morgan fingerprint density at radius 3 is 2.96 bits per heavy atom. The van der Waals surface area contributed by atoms with Crippen LogP contribution in [0.4, 0.5) is 9.93 Å². The summed E-state index contributed by atoms with van der Waals surface area (Å²) >= 11 is 1.33. The molecule has 0 aromatic carbocycles. The van der Waals surface area contributed by atoms with E-state index in [-0.39, 0.29) is 23.6 Å². The van der Waals surface area contributed by atoms with Crippen molar-refractivity contribution in [3.63, 3.8) is 0 Å². The van der Waals surface area contributed by atoms with E-state index in [0.29, 0.717) is 18.1 Å². The van der Waals surface area contributed by atoms with Crippen molar-refractivity contribution in [2.45, 2.75) is 19.4 Å². The third-order valence-electron chi connectivity index (χ3n) is 3.93. The van der Waals surface area contributed by atoms with E-state index in [0.717, 1.165) is 11.3 Å². The van der Waals surface area contributed by atoms with Gasteiger partial charge in [-0.25, -0.2) is 18.2 Å². The quantitative estimate of drug-likeness (QED) is 0.896. The first kappa shape index (κ1) is 16.8. The second kappa shape index (κ2) is 6.86. The molecule has 0 saturated carbocycles. The lowest BCUT2D eigenvalue weighted by Gasteiger charge is -2.26. The Kier molecular flexibility index (Phi) is 4.81. The SMILES string of the molecule is CCN(C(=O)Nc1nc(-c2cccnc2)cs1)[C@@H]1CCS(=O)(=O)C1. The molecule has 128 valence electrons. The molecule has 1 aliphatic rings. The van der Waals surface area contributed by atoms with Gasteiger partial charge in [-0.15, -0.1) is 11.3 Å². The van der Waals surface area contributed by atoms with Gasteiger partial charge < -0.3 is 4.90 Å². The van der Waals surface area contributed by atoms with Crippen LogP contribution >= 0.6 is 11.3 Å². The topological polar surface area (TPSA) is 92.3 Å². The fraction of sp³-hybridized carbons (Fsp3) is 0.400. The van der Waals surface area contributed by atoms with Crippen LogP contribution in [0.25, 0.3) is 11.3 Å². The Bertz CT molecular complexity index is 820. The van der Waals surface area contributed by atoms with Crippen LogP contribution in [0.1, 0.15) is 13.3 Å². The van der Waals surface area contributed by atoms with Crippen molar-refractivity contribution in [2.24, 2.45) is 0 Å². The molecule has 3 heterocycles. The van der Waals surface area contributed by atoms with E-state index in [2.05, 4.69) is 15.3 Å². The number of carbonyl (C=O) groups is 1. The monoisotopic (exact) mass is 366 g/mol. The molecular weight excluding hydrogens is 348 g/mol. The maximum Gasteiger partial charge on any atom is 0.323 e. The van der Waals surface area contributed by atoms with E-state index >= 15 is 0 Å². The van der Waals surface area contributed by atoms with Crippen LogP contribution in [0.3, 0.4) is 0 Å². The number of sulfone groups is 1. The zero-order chi connectivity index (χ0) is 17.2. The van der Waals surface area contributed by atoms with Gasteiger partial charge in [0, 0.05) is 35.9 Å². The Hall–Kier alpha value is -2.00. The number of pyridine rings is 1. The zero-order valence-corrected chi connectivity index (χ0v) is 14.8. The molecule has 1 aliphatic heterocycles. The van der Waals surface area contributed by atoms with Crippen molar-refractivity contribution in [3.05, 3.63) is 29.9 Å². The summed E-state index contributed by atoms with van der Waals surface area (Å²) in [6.07, 6.45) is 3.89. The van der Waals surface area contributed by atoms with Crippen molar-refractivity contribution < 1.29 is 13.2 Å². The highest BCUT2D eigenvalue weighted by Gasteiger charge is 2.34. The largest absolute Gasteiger partial charge is 0.323 e. The van der Waals surface area contributed by atoms with Crippen molar-refractivity contribution in [1.82, 2.24) is 14.9 Å². The van der Waals surface area contributed by atoms with Crippen molar-refractivity contribution in [3.8, 4) is 11.3 Å². The van der Waals surface area contributed by atoms with Gasteiger partial charge in [0.15, 0.2) is 15.0 Å². The van der Waals surface area contributed by atoms with Gasteiger partial charge in [-0.2, -0.15) is 0 Å². The molecule has 2 aromatic heterocycles. The van der Waals surface area contributed by atoms with Gasteiger partial charge in [0.05, 0.1) is 17.2 Å². The smallest absolute Gasteiger partial charge is 0.321 e. The van der Waals surface area contributed by atoms with Gasteiger partial charge in [0.2, 0.25) is 0 Å². The Morgan fingerprint density at radius 1 is 1.50 bits per heavy atom. The van der Waals surface area contributed by atoms with Crippen LogP contribution < -0.4 is 5.32 Å². The molecule has 2 amide bonds. The highest BCUT2D eigenvalue weighted by Crippen LogP contribution is 2.25. The number of nitrogens with zero attached hydrogens (tertiary/aromatic N) is 3. The Labute approximate surface area is 144 Å². The number of amides is 2. The summed E-state index contributed by atoms with van der Waals surface area (Å²) < 4.78 is 23.3. The van der Waals surface area contributed by atoms with Crippen molar-refractivity contribution in [1.29, 1.82) is 0 Å². The fourth-order valence-corrected chi connectivity index (χ4v) is 5.17. The third kappa shape index (κ3) is 3.73. The molecule has 1 N–H and O–H groups in total. The molecule has 0 aliphatic carbocycles. The highest BCUT2D eigenvalue weighted by atomic mass is 32.2. The Morgan fingerprint density at radius 2 is 2.33 bits per heavy atom. The number of nitrogens with one attached hydrogen (secondary N) is 1. The zero-order valence-electron chi connectivity index (χ0n) is 13.2. The first-order valence-corrected chi connectivity index (χ1v) is 10.3. The normalized spacial score (nSPS) is 19.1. The van der Waals surface area contributed by atoms with Crippen LogP contribution in [0.2, 0.25) is 0 Å². The summed E-state index contributed by atoms with van der Waals surface area (Å²) in [7, 11) is -3.03. The van der Waals surface area contributed by atoms with Gasteiger partial charge in [0.1, 0.15) is 0 Å². The maximum atomic E-state index is 12.5. The van der Waals surface area contributed by atoms with E-state index in [1.165, 1.54) is 11.3 Å². The summed E-state index contributed by atoms with van der Waals surface area (Å²) in [6.45, 7) is 2.29.